The number of nitrogens with zero attached hydrogens (tertiary/aromatic N) is 1. The van der Waals surface area contributed by atoms with Gasteiger partial charge in [0.05, 0.1) is 98.9 Å². The Balaban J connectivity index is 1.74. The molecule has 0 spiro atoms. The fraction of sp³-hybridized carbons (Fsp3) is 0.814. The van der Waals surface area contributed by atoms with Crippen molar-refractivity contribution in [3.63, 3.8) is 0 Å². The molecular formula is C43H77N9O22S5. The molecule has 0 aliphatic carbocycles. The molecular weight excluding hydrogens is 1150 g/mol. The summed E-state index contributed by atoms with van der Waals surface area (Å²) in [7, 11) is 5.06. The van der Waals surface area contributed by atoms with Gasteiger partial charge in [-0.1, -0.05) is 43.2 Å². The molecule has 13 atom stereocenters. The van der Waals surface area contributed by atoms with Gasteiger partial charge in [-0.3, -0.25) is 43.3 Å². The normalized spacial score (nSPS) is 24.2. The molecule has 2 rings (SSSR count). The third-order valence-corrected chi connectivity index (χ3v) is 16.0. The van der Waals surface area contributed by atoms with Crippen LogP contribution in [-0.4, -0.2) is 290 Å². The quantitative estimate of drug-likeness (QED) is 0.0153. The summed E-state index contributed by atoms with van der Waals surface area (Å²) in [5.41, 5.74) is 16.4. The Morgan fingerprint density at radius 1 is 0.519 bits per heavy atom. The number of carbonyl (C=O) groups is 8. The van der Waals surface area contributed by atoms with E-state index in [-0.39, 0.29) is 83.3 Å². The Kier molecular flexibility index (Phi) is 37.4. The van der Waals surface area contributed by atoms with Gasteiger partial charge in [-0.15, -0.1) is 0 Å². The number of primary amides is 3. The Labute approximate surface area is 477 Å². The highest BCUT2D eigenvalue weighted by Crippen LogP contribution is 2.25. The standard InChI is InChI=1S/C43H77N9O22S5/c1-23(55)47-33-37(62)35(60)28(18-53)73-42(33)71-9-7-67-3-5-69-11-13-76-78-21-26(40(45)65)50-31(58)16-52(15-30(57)49-25(20-75)39(44)64)17-32(59)51-27(41(46)66)22-79-77-14-12-70-6-4-68-8-10-72-43-34(48-24(2)56)38(63)36(61)29(19-54)74-43/h25-29,33-38,42-43,53-54,60-63,75H,3-22H2,1-2H3,(H2,44,64)(H2,45,65)(H2,46,66)(H,47,55)(H,48,56)(H,49,57)(H,50,58)(H,51,59). The van der Waals surface area contributed by atoms with Gasteiger partial charge in [0.15, 0.2) is 12.6 Å². The van der Waals surface area contributed by atoms with E-state index in [9.17, 15) is 69.0 Å². The van der Waals surface area contributed by atoms with Crippen LogP contribution in [0.2, 0.25) is 0 Å². The maximum atomic E-state index is 13.2. The smallest absolute Gasteiger partial charge is 0.240 e. The number of carbonyl (C=O) groups excluding carboxylic acids is 8. The van der Waals surface area contributed by atoms with Crippen LogP contribution >= 0.6 is 55.8 Å². The van der Waals surface area contributed by atoms with Gasteiger partial charge >= 0.3 is 0 Å². The third kappa shape index (κ3) is 29.1. The minimum atomic E-state index is -1.44. The molecule has 456 valence electrons. The van der Waals surface area contributed by atoms with Crippen molar-refractivity contribution in [1.82, 2.24) is 31.5 Å². The Hall–Kier alpha value is -3.09. The van der Waals surface area contributed by atoms with Crippen LogP contribution in [-0.2, 0) is 76.3 Å². The number of nitrogens with two attached hydrogens (primary N) is 3. The highest BCUT2D eigenvalue weighted by Gasteiger charge is 2.46. The van der Waals surface area contributed by atoms with Gasteiger partial charge in [0.2, 0.25) is 47.3 Å². The first kappa shape index (κ1) is 72.0. The molecule has 0 bridgehead atoms. The van der Waals surface area contributed by atoms with E-state index in [0.717, 1.165) is 4.90 Å². The number of ether oxygens (including phenoxy) is 8. The summed E-state index contributed by atoms with van der Waals surface area (Å²) in [6, 6.07) is -5.68. The van der Waals surface area contributed by atoms with E-state index in [0.29, 0.717) is 11.5 Å². The van der Waals surface area contributed by atoms with Crippen LogP contribution in [0.3, 0.4) is 0 Å². The summed E-state index contributed by atoms with van der Waals surface area (Å²) in [4.78, 5) is 100. The number of thiol groups is 1. The lowest BCUT2D eigenvalue weighted by molar-refractivity contribution is -0.272. The second kappa shape index (κ2) is 41.0. The molecule has 0 aromatic rings. The lowest BCUT2D eigenvalue weighted by atomic mass is 9.97. The lowest BCUT2D eigenvalue weighted by Crippen LogP contribution is -2.64. The van der Waals surface area contributed by atoms with Crippen molar-refractivity contribution in [2.24, 2.45) is 17.2 Å². The number of nitrogens with one attached hydrogen (secondary N) is 5. The fourth-order valence-corrected chi connectivity index (χ4v) is 11.3. The van der Waals surface area contributed by atoms with E-state index in [4.69, 9.17) is 55.1 Å². The zero-order chi connectivity index (χ0) is 58.9. The molecule has 8 amide bonds. The molecule has 79 heavy (non-hydrogen) atoms. The first-order chi connectivity index (χ1) is 37.6. The summed E-state index contributed by atoms with van der Waals surface area (Å²) in [5.74, 6) is -5.13. The number of rotatable bonds is 43. The zero-order valence-electron chi connectivity index (χ0n) is 43.6. The van der Waals surface area contributed by atoms with E-state index < -0.39 is 160 Å². The molecule has 17 N–H and O–H groups in total. The second-order valence-corrected chi connectivity index (χ2v) is 22.8. The van der Waals surface area contributed by atoms with Crippen LogP contribution in [0.4, 0.5) is 0 Å². The molecule has 2 fully saturated rings. The third-order valence-electron chi connectivity index (χ3n) is 10.8. The topological polar surface area (TPSA) is 473 Å². The number of amides is 8. The largest absolute Gasteiger partial charge is 0.394 e. The summed E-state index contributed by atoms with van der Waals surface area (Å²) in [6.07, 6.45) is -10.3. The monoisotopic (exact) mass is 1230 g/mol. The fourth-order valence-electron chi connectivity index (χ4n) is 6.95. The molecule has 31 nitrogen and oxygen atoms in total. The number of aliphatic hydroxyl groups is 6. The Bertz CT molecular complexity index is 1760. The highest BCUT2D eigenvalue weighted by molar-refractivity contribution is 8.77. The molecule has 0 radical (unpaired) electrons. The molecule has 2 aliphatic heterocycles. The van der Waals surface area contributed by atoms with Crippen LogP contribution < -0.4 is 43.8 Å². The van der Waals surface area contributed by atoms with Gasteiger partial charge in [0.25, 0.3) is 0 Å². The van der Waals surface area contributed by atoms with E-state index in [2.05, 4.69) is 39.2 Å². The van der Waals surface area contributed by atoms with E-state index in [1.165, 1.54) is 57.0 Å². The lowest BCUT2D eigenvalue weighted by Gasteiger charge is -2.42. The van der Waals surface area contributed by atoms with Gasteiger partial charge in [-0.05, 0) is 0 Å². The molecule has 0 saturated carbocycles. The molecule has 0 aromatic carbocycles. The van der Waals surface area contributed by atoms with Crippen molar-refractivity contribution in [1.29, 1.82) is 0 Å². The molecule has 2 saturated heterocycles. The zero-order valence-corrected chi connectivity index (χ0v) is 47.8. The average molecular weight is 1230 g/mol. The minimum absolute atomic E-state index is 0.0115. The predicted octanol–water partition coefficient (Wildman–Crippen LogP) is -8.12. The first-order valence-corrected chi connectivity index (χ1v) is 30.2. The number of aliphatic hydroxyl groups excluding tert-OH is 6. The van der Waals surface area contributed by atoms with Crippen LogP contribution in [0.25, 0.3) is 0 Å². The maximum Gasteiger partial charge on any atom is 0.240 e. The average Bonchev–Trinajstić information content (AvgIpc) is 3.43. The van der Waals surface area contributed by atoms with Gasteiger partial charge in [0.1, 0.15) is 66.8 Å². The number of hydrogen-bond donors (Lipinski definition) is 15. The van der Waals surface area contributed by atoms with Crippen LogP contribution in [0.5, 0.6) is 0 Å². The van der Waals surface area contributed by atoms with E-state index >= 15 is 0 Å². The van der Waals surface area contributed by atoms with Crippen molar-refractivity contribution >= 4 is 103 Å². The molecule has 0 aromatic heterocycles. The van der Waals surface area contributed by atoms with Crippen molar-refractivity contribution in [2.75, 3.05) is 128 Å². The summed E-state index contributed by atoms with van der Waals surface area (Å²) >= 11 is 4.01. The highest BCUT2D eigenvalue weighted by atomic mass is 33.1. The van der Waals surface area contributed by atoms with Gasteiger partial charge in [-0.25, -0.2) is 0 Å². The van der Waals surface area contributed by atoms with Gasteiger partial charge in [0, 0.05) is 42.6 Å². The second-order valence-electron chi connectivity index (χ2n) is 17.2. The van der Waals surface area contributed by atoms with Crippen molar-refractivity contribution in [3.05, 3.63) is 0 Å². The molecule has 2 heterocycles. The summed E-state index contributed by atoms with van der Waals surface area (Å²) < 4.78 is 44.2. The molecule has 13 unspecified atom stereocenters. The van der Waals surface area contributed by atoms with Gasteiger partial charge < -0.3 is 112 Å². The minimum Gasteiger partial charge on any atom is -0.394 e. The maximum absolute atomic E-state index is 13.2. The number of hydrogen-bond acceptors (Lipinski definition) is 28. The van der Waals surface area contributed by atoms with Crippen LogP contribution in [0.1, 0.15) is 13.8 Å². The van der Waals surface area contributed by atoms with Crippen molar-refractivity contribution in [2.45, 2.75) is 93.3 Å². The van der Waals surface area contributed by atoms with Crippen LogP contribution in [0.15, 0.2) is 0 Å². The first-order valence-electron chi connectivity index (χ1n) is 24.5. The Morgan fingerprint density at radius 2 is 0.848 bits per heavy atom. The van der Waals surface area contributed by atoms with E-state index in [1.807, 2.05) is 0 Å². The SMILES string of the molecule is CC(=O)NC1C(OCCOCCOCCSSCC(NC(=O)CN(CC(=O)NC(CS)C(N)=O)CC(=O)NC(CSSCCOCCOCCOC2OC(CO)C(O)C(O)C2NC(C)=O)C(N)=O)C(N)=O)OC(CO)C(O)C1O. The predicted molar refractivity (Wildman–Crippen MR) is 289 cm³/mol. The Morgan fingerprint density at radius 3 is 1.16 bits per heavy atom. The summed E-state index contributed by atoms with van der Waals surface area (Å²) in [5, 5.41) is 72.1. The van der Waals surface area contributed by atoms with Crippen molar-refractivity contribution in [3.8, 4) is 0 Å². The summed E-state index contributed by atoms with van der Waals surface area (Å²) in [6.45, 7) is 0.953. The molecule has 36 heteroatoms. The van der Waals surface area contributed by atoms with Crippen molar-refractivity contribution < 1.29 is 107 Å². The van der Waals surface area contributed by atoms with Gasteiger partial charge in [-0.2, -0.15) is 12.6 Å². The van der Waals surface area contributed by atoms with Crippen LogP contribution in [0, 0.1) is 0 Å². The molecule has 2 aliphatic rings. The van der Waals surface area contributed by atoms with E-state index in [1.54, 1.807) is 0 Å².